The van der Waals surface area contributed by atoms with Gasteiger partial charge in [0.1, 0.15) is 0 Å². The number of hydrogen-bond acceptors (Lipinski definition) is 5. The molecule has 2 aromatic heterocycles. The van der Waals surface area contributed by atoms with Crippen LogP contribution in [0.3, 0.4) is 0 Å². The Bertz CT molecular complexity index is 1590. The molecule has 2 N–H and O–H groups in total. The molecule has 1 amide bonds. The summed E-state index contributed by atoms with van der Waals surface area (Å²) in [6, 6.07) is 22.5. The fourth-order valence-electron chi connectivity index (χ4n) is 4.21. The Morgan fingerprint density at radius 2 is 1.76 bits per heavy atom. The third-order valence-corrected chi connectivity index (χ3v) is 7.42. The van der Waals surface area contributed by atoms with Crippen LogP contribution in [0.2, 0.25) is 5.02 Å². The average molecular weight is 544 g/mol. The van der Waals surface area contributed by atoms with Crippen LogP contribution < -0.4 is 5.32 Å². The summed E-state index contributed by atoms with van der Waals surface area (Å²) in [7, 11) is 0. The molecular formula is C29H26ClN5O2S. The van der Waals surface area contributed by atoms with Crippen LogP contribution in [0.4, 0.5) is 5.69 Å². The first-order chi connectivity index (χ1) is 18.4. The molecule has 1 unspecified atom stereocenters. The van der Waals surface area contributed by atoms with Gasteiger partial charge in [-0.25, -0.2) is 0 Å². The molecule has 0 aliphatic carbocycles. The third kappa shape index (κ3) is 5.37. The molecule has 0 aliphatic heterocycles. The topological polar surface area (TPSA) is 92.7 Å². The summed E-state index contributed by atoms with van der Waals surface area (Å²) in [5, 5.41) is 13.7. The predicted octanol–water partition coefficient (Wildman–Crippen LogP) is 7.17. The highest BCUT2D eigenvalue weighted by Crippen LogP contribution is 2.34. The number of Topliss-reactive ketones (excluding diaryl/α,β-unsaturated/α-hetero) is 1. The molecule has 1 atom stereocenters. The number of hydrogen-bond donors (Lipinski definition) is 2. The van der Waals surface area contributed by atoms with Crippen LogP contribution in [-0.4, -0.2) is 36.7 Å². The van der Waals surface area contributed by atoms with E-state index in [-0.39, 0.29) is 11.7 Å². The van der Waals surface area contributed by atoms with E-state index in [4.69, 9.17) is 11.6 Å². The van der Waals surface area contributed by atoms with E-state index in [2.05, 4.69) is 20.5 Å². The largest absolute Gasteiger partial charge is 0.360 e. The lowest BCUT2D eigenvalue weighted by Crippen LogP contribution is -2.15. The van der Waals surface area contributed by atoms with Crippen molar-refractivity contribution >= 4 is 51.6 Å². The van der Waals surface area contributed by atoms with Crippen LogP contribution in [0.15, 0.2) is 84.1 Å². The van der Waals surface area contributed by atoms with Gasteiger partial charge in [-0.1, -0.05) is 48.5 Å². The number of anilines is 1. The van der Waals surface area contributed by atoms with Gasteiger partial charge in [0, 0.05) is 51.0 Å². The Morgan fingerprint density at radius 3 is 2.50 bits per heavy atom. The molecule has 5 aromatic rings. The molecule has 38 heavy (non-hydrogen) atoms. The van der Waals surface area contributed by atoms with Crippen molar-refractivity contribution < 1.29 is 9.59 Å². The van der Waals surface area contributed by atoms with E-state index in [9.17, 15) is 9.59 Å². The van der Waals surface area contributed by atoms with Gasteiger partial charge in [0.15, 0.2) is 16.8 Å². The van der Waals surface area contributed by atoms with Gasteiger partial charge in [-0.15, -0.1) is 10.2 Å². The lowest BCUT2D eigenvalue weighted by atomic mass is 10.1. The van der Waals surface area contributed by atoms with Gasteiger partial charge in [-0.2, -0.15) is 0 Å². The second-order valence-corrected chi connectivity index (χ2v) is 10.6. The van der Waals surface area contributed by atoms with Crippen molar-refractivity contribution in [2.45, 2.75) is 37.1 Å². The van der Waals surface area contributed by atoms with Crippen LogP contribution in [0.1, 0.15) is 37.0 Å². The zero-order chi connectivity index (χ0) is 26.6. The number of para-hydroxylation sites is 1. The Labute approximate surface area is 229 Å². The molecule has 7 nitrogen and oxygen atoms in total. The number of aromatic nitrogens is 4. The SMILES string of the molecule is CCCC(=O)Nc1ccc(C(=O)C(C)Sc2nnc(-c3c[nH]c4ccccc34)n2-c2ccc(Cl)cc2)cc1. The molecule has 2 heterocycles. The summed E-state index contributed by atoms with van der Waals surface area (Å²) in [4.78, 5) is 28.5. The Morgan fingerprint density at radius 1 is 1.03 bits per heavy atom. The molecule has 0 aliphatic rings. The summed E-state index contributed by atoms with van der Waals surface area (Å²) >= 11 is 7.50. The quantitative estimate of drug-likeness (QED) is 0.152. The van der Waals surface area contributed by atoms with Crippen molar-refractivity contribution in [1.82, 2.24) is 19.7 Å². The van der Waals surface area contributed by atoms with E-state index in [1.165, 1.54) is 11.8 Å². The molecule has 0 spiro atoms. The first-order valence-corrected chi connectivity index (χ1v) is 13.6. The number of carbonyl (C=O) groups excluding carboxylic acids is 2. The van der Waals surface area contributed by atoms with E-state index >= 15 is 0 Å². The van der Waals surface area contributed by atoms with Crippen molar-refractivity contribution in [1.29, 1.82) is 0 Å². The highest BCUT2D eigenvalue weighted by molar-refractivity contribution is 8.00. The minimum atomic E-state index is -0.429. The fraction of sp³-hybridized carbons (Fsp3) is 0.172. The number of ketones is 1. The molecule has 5 rings (SSSR count). The Kier molecular flexibility index (Phi) is 7.62. The van der Waals surface area contributed by atoms with Crippen molar-refractivity contribution in [3.05, 3.63) is 89.6 Å². The van der Waals surface area contributed by atoms with E-state index in [1.807, 2.05) is 73.1 Å². The average Bonchev–Trinajstić information content (AvgIpc) is 3.53. The lowest BCUT2D eigenvalue weighted by Gasteiger charge is -2.13. The van der Waals surface area contributed by atoms with Crippen molar-refractivity contribution in [2.75, 3.05) is 5.32 Å². The van der Waals surface area contributed by atoms with Gasteiger partial charge in [0.25, 0.3) is 0 Å². The van der Waals surface area contributed by atoms with Crippen molar-refractivity contribution in [3.63, 3.8) is 0 Å². The van der Waals surface area contributed by atoms with Crippen LogP contribution in [0.25, 0.3) is 28.0 Å². The number of thioether (sulfide) groups is 1. The maximum Gasteiger partial charge on any atom is 0.224 e. The first-order valence-electron chi connectivity index (χ1n) is 12.3. The number of carbonyl (C=O) groups is 2. The molecular weight excluding hydrogens is 518 g/mol. The molecule has 0 bridgehead atoms. The van der Waals surface area contributed by atoms with Crippen LogP contribution in [0, 0.1) is 0 Å². The maximum absolute atomic E-state index is 13.3. The molecule has 0 radical (unpaired) electrons. The van der Waals surface area contributed by atoms with Gasteiger partial charge in [0.2, 0.25) is 5.91 Å². The highest BCUT2D eigenvalue weighted by Gasteiger charge is 2.24. The lowest BCUT2D eigenvalue weighted by molar-refractivity contribution is -0.116. The molecule has 0 saturated carbocycles. The second-order valence-electron chi connectivity index (χ2n) is 8.87. The third-order valence-electron chi connectivity index (χ3n) is 6.13. The summed E-state index contributed by atoms with van der Waals surface area (Å²) in [5.41, 5.74) is 3.99. The normalized spacial score (nSPS) is 12.0. The number of halogens is 1. The molecule has 3 aromatic carbocycles. The van der Waals surface area contributed by atoms with Crippen LogP contribution in [0.5, 0.6) is 0 Å². The number of fused-ring (bicyclic) bond motifs is 1. The van der Waals surface area contributed by atoms with Gasteiger partial charge < -0.3 is 10.3 Å². The second kappa shape index (κ2) is 11.2. The van der Waals surface area contributed by atoms with Gasteiger partial charge in [-0.3, -0.25) is 14.2 Å². The molecule has 0 saturated heterocycles. The number of nitrogens with zero attached hydrogens (tertiary/aromatic N) is 3. The highest BCUT2D eigenvalue weighted by atomic mass is 35.5. The minimum Gasteiger partial charge on any atom is -0.360 e. The van der Waals surface area contributed by atoms with Crippen molar-refractivity contribution in [3.8, 4) is 17.1 Å². The van der Waals surface area contributed by atoms with Gasteiger partial charge in [-0.05, 0) is 67.9 Å². The van der Waals surface area contributed by atoms with Crippen LogP contribution in [-0.2, 0) is 4.79 Å². The zero-order valence-electron chi connectivity index (χ0n) is 20.9. The monoisotopic (exact) mass is 543 g/mol. The molecule has 192 valence electrons. The fourth-order valence-corrected chi connectivity index (χ4v) is 5.29. The van der Waals surface area contributed by atoms with E-state index < -0.39 is 5.25 Å². The number of nitrogens with one attached hydrogen (secondary N) is 2. The Balaban J connectivity index is 1.44. The number of rotatable bonds is 9. The number of aromatic amines is 1. The Hall–Kier alpha value is -3.88. The smallest absolute Gasteiger partial charge is 0.224 e. The van der Waals surface area contributed by atoms with E-state index in [0.717, 1.165) is 28.6 Å². The predicted molar refractivity (Wildman–Crippen MR) is 153 cm³/mol. The first kappa shape index (κ1) is 25.8. The zero-order valence-corrected chi connectivity index (χ0v) is 22.5. The number of benzene rings is 3. The van der Waals surface area contributed by atoms with Gasteiger partial charge >= 0.3 is 0 Å². The standard InChI is InChI=1S/C29H26ClN5O2S/c1-3-6-26(36)32-21-13-9-19(10-14-21)27(37)18(2)38-29-34-33-28(35(29)22-15-11-20(30)12-16-22)24-17-31-25-8-5-4-7-23(24)25/h4-5,7-18,31H,3,6H2,1-2H3,(H,32,36). The summed E-state index contributed by atoms with van der Waals surface area (Å²) in [6.07, 6.45) is 3.16. The molecule has 0 fully saturated rings. The number of H-pyrrole nitrogens is 1. The minimum absolute atomic E-state index is 0.0389. The number of amides is 1. The van der Waals surface area contributed by atoms with Crippen LogP contribution >= 0.6 is 23.4 Å². The summed E-state index contributed by atoms with van der Waals surface area (Å²) < 4.78 is 1.95. The maximum atomic E-state index is 13.3. The summed E-state index contributed by atoms with van der Waals surface area (Å²) in [5.74, 6) is 0.586. The molecule has 9 heteroatoms. The van der Waals surface area contributed by atoms with Gasteiger partial charge in [0.05, 0.1) is 5.25 Å². The summed E-state index contributed by atoms with van der Waals surface area (Å²) in [6.45, 7) is 3.81. The van der Waals surface area contributed by atoms with Crippen molar-refractivity contribution in [2.24, 2.45) is 0 Å². The van der Waals surface area contributed by atoms with E-state index in [1.54, 1.807) is 24.3 Å². The van der Waals surface area contributed by atoms with E-state index in [0.29, 0.717) is 33.7 Å².